The van der Waals surface area contributed by atoms with E-state index in [0.29, 0.717) is 11.8 Å². The summed E-state index contributed by atoms with van der Waals surface area (Å²) >= 11 is 0. The van der Waals surface area contributed by atoms with E-state index in [1.165, 1.54) is 30.4 Å². The van der Waals surface area contributed by atoms with Crippen molar-refractivity contribution in [2.75, 3.05) is 13.1 Å². The van der Waals surface area contributed by atoms with Gasteiger partial charge in [0.1, 0.15) is 0 Å². The second kappa shape index (κ2) is 5.45. The normalized spacial score (nSPS) is 31.6. The molecule has 3 nitrogen and oxygen atoms in total. The van der Waals surface area contributed by atoms with Crippen molar-refractivity contribution in [1.82, 2.24) is 10.2 Å². The predicted molar refractivity (Wildman–Crippen MR) is 82.8 cm³/mol. The molecule has 3 heteroatoms. The van der Waals surface area contributed by atoms with E-state index >= 15 is 0 Å². The molecule has 2 heterocycles. The van der Waals surface area contributed by atoms with Crippen LogP contribution in [0, 0.1) is 11.8 Å². The Morgan fingerprint density at radius 3 is 2.90 bits per heavy atom. The van der Waals surface area contributed by atoms with Gasteiger partial charge in [0.05, 0.1) is 6.04 Å². The summed E-state index contributed by atoms with van der Waals surface area (Å²) in [6.07, 6.45) is 6.04. The van der Waals surface area contributed by atoms with Gasteiger partial charge in [0.2, 0.25) is 5.91 Å². The lowest BCUT2D eigenvalue weighted by molar-refractivity contribution is -0.134. The van der Waals surface area contributed by atoms with Crippen molar-refractivity contribution in [3.05, 3.63) is 35.4 Å². The summed E-state index contributed by atoms with van der Waals surface area (Å²) in [4.78, 5) is 15.1. The van der Waals surface area contributed by atoms with E-state index in [2.05, 4.69) is 34.5 Å². The highest BCUT2D eigenvalue weighted by Gasteiger charge is 2.43. The van der Waals surface area contributed by atoms with Crippen LogP contribution in [-0.4, -0.2) is 29.9 Å². The molecule has 1 amide bonds. The Hall–Kier alpha value is -1.35. The molecule has 1 N–H and O–H groups in total. The average Bonchev–Trinajstić information content (AvgIpc) is 3.03. The van der Waals surface area contributed by atoms with Crippen molar-refractivity contribution >= 4 is 5.91 Å². The van der Waals surface area contributed by atoms with E-state index in [4.69, 9.17) is 0 Å². The predicted octanol–water partition coefficient (Wildman–Crippen LogP) is 2.35. The zero-order chi connectivity index (χ0) is 14.2. The first-order valence-corrected chi connectivity index (χ1v) is 8.42. The van der Waals surface area contributed by atoms with Gasteiger partial charge in [-0.15, -0.1) is 0 Å². The van der Waals surface area contributed by atoms with Crippen molar-refractivity contribution < 1.29 is 4.79 Å². The third kappa shape index (κ3) is 2.38. The second-order valence-electron chi connectivity index (χ2n) is 6.87. The minimum absolute atomic E-state index is 0.0859. The number of nitrogens with one attached hydrogen (secondary N) is 1. The van der Waals surface area contributed by atoms with Gasteiger partial charge in [-0.2, -0.15) is 0 Å². The zero-order valence-electron chi connectivity index (χ0n) is 12.6. The Morgan fingerprint density at radius 1 is 1.14 bits per heavy atom. The molecule has 1 aromatic rings. The lowest BCUT2D eigenvalue weighted by Gasteiger charge is -2.27. The smallest absolute Gasteiger partial charge is 0.240 e. The maximum atomic E-state index is 13.0. The van der Waals surface area contributed by atoms with E-state index in [1.807, 2.05) is 0 Å². The first kappa shape index (κ1) is 13.3. The van der Waals surface area contributed by atoms with Gasteiger partial charge < -0.3 is 10.2 Å². The quantitative estimate of drug-likeness (QED) is 0.858. The van der Waals surface area contributed by atoms with E-state index in [1.54, 1.807) is 0 Å². The van der Waals surface area contributed by atoms with Crippen LogP contribution in [0.3, 0.4) is 0 Å². The molecule has 1 saturated heterocycles. The fourth-order valence-corrected chi connectivity index (χ4v) is 4.54. The third-order valence-corrected chi connectivity index (χ3v) is 5.68. The molecule has 0 bridgehead atoms. The van der Waals surface area contributed by atoms with Gasteiger partial charge in [0, 0.05) is 13.1 Å². The fraction of sp³-hybridized carbons (Fsp3) is 0.611. The number of benzene rings is 1. The summed E-state index contributed by atoms with van der Waals surface area (Å²) in [7, 11) is 0. The molecule has 1 saturated carbocycles. The molecule has 3 atom stereocenters. The minimum Gasteiger partial charge on any atom is -0.337 e. The van der Waals surface area contributed by atoms with Crippen molar-refractivity contribution in [3.8, 4) is 0 Å². The molecule has 0 spiro atoms. The first-order valence-electron chi connectivity index (χ1n) is 8.42. The molecular formula is C18H24N2O. The molecule has 3 unspecified atom stereocenters. The summed E-state index contributed by atoms with van der Waals surface area (Å²) in [5.41, 5.74) is 2.76. The van der Waals surface area contributed by atoms with Gasteiger partial charge in [0.25, 0.3) is 0 Å². The summed E-state index contributed by atoms with van der Waals surface area (Å²) in [6, 6.07) is 8.68. The molecule has 0 radical (unpaired) electrons. The number of aryl methyl sites for hydroxylation is 1. The van der Waals surface area contributed by atoms with Crippen LogP contribution in [0.25, 0.3) is 0 Å². The standard InChI is InChI=1S/C18H24N2O/c21-18(17-16-9-3-7-14(16)11-19-17)20-10-4-8-13-5-1-2-6-15(13)12-20/h1-2,5-6,14,16-17,19H,3-4,7-12H2. The number of amides is 1. The van der Waals surface area contributed by atoms with Crippen LogP contribution in [0.1, 0.15) is 36.8 Å². The van der Waals surface area contributed by atoms with Crippen molar-refractivity contribution in [2.45, 2.75) is 44.7 Å². The van der Waals surface area contributed by atoms with Gasteiger partial charge in [-0.1, -0.05) is 30.7 Å². The molecule has 112 valence electrons. The molecule has 0 aromatic heterocycles. The number of carbonyl (C=O) groups is 1. The van der Waals surface area contributed by atoms with Crippen molar-refractivity contribution in [3.63, 3.8) is 0 Å². The molecule has 4 rings (SSSR count). The van der Waals surface area contributed by atoms with E-state index in [0.717, 1.165) is 38.4 Å². The Kier molecular flexibility index (Phi) is 3.46. The zero-order valence-corrected chi connectivity index (χ0v) is 12.6. The third-order valence-electron chi connectivity index (χ3n) is 5.68. The van der Waals surface area contributed by atoms with Gasteiger partial charge in [-0.05, 0) is 55.2 Å². The lowest BCUT2D eigenvalue weighted by Crippen LogP contribution is -2.46. The topological polar surface area (TPSA) is 32.3 Å². The van der Waals surface area contributed by atoms with Gasteiger partial charge in [-0.3, -0.25) is 4.79 Å². The second-order valence-corrected chi connectivity index (χ2v) is 6.87. The highest BCUT2D eigenvalue weighted by Crippen LogP contribution is 2.38. The van der Waals surface area contributed by atoms with Crippen molar-refractivity contribution in [1.29, 1.82) is 0 Å². The van der Waals surface area contributed by atoms with Crippen LogP contribution in [-0.2, 0) is 17.8 Å². The molecule has 2 aliphatic heterocycles. The van der Waals surface area contributed by atoms with E-state index in [9.17, 15) is 4.79 Å². The van der Waals surface area contributed by atoms with Crippen LogP contribution in [0.2, 0.25) is 0 Å². The van der Waals surface area contributed by atoms with Crippen LogP contribution in [0.4, 0.5) is 0 Å². The maximum absolute atomic E-state index is 13.0. The largest absolute Gasteiger partial charge is 0.337 e. The Bertz CT molecular complexity index is 542. The Morgan fingerprint density at radius 2 is 2.00 bits per heavy atom. The summed E-state index contributed by atoms with van der Waals surface area (Å²) in [6.45, 7) is 2.75. The molecule has 1 aliphatic carbocycles. The number of carbonyl (C=O) groups excluding carboxylic acids is 1. The molecule has 2 fully saturated rings. The fourth-order valence-electron chi connectivity index (χ4n) is 4.54. The SMILES string of the molecule is O=C(C1NCC2CCCC21)N1CCCc2ccccc2C1. The Labute approximate surface area is 126 Å². The monoisotopic (exact) mass is 284 g/mol. The summed E-state index contributed by atoms with van der Waals surface area (Å²) in [5, 5.41) is 3.51. The number of hydrogen-bond acceptors (Lipinski definition) is 2. The highest BCUT2D eigenvalue weighted by molar-refractivity contribution is 5.83. The van der Waals surface area contributed by atoms with Crippen LogP contribution >= 0.6 is 0 Å². The van der Waals surface area contributed by atoms with Gasteiger partial charge >= 0.3 is 0 Å². The maximum Gasteiger partial charge on any atom is 0.240 e. The summed E-state index contributed by atoms with van der Waals surface area (Å²) in [5.74, 6) is 1.69. The van der Waals surface area contributed by atoms with E-state index < -0.39 is 0 Å². The Balaban J connectivity index is 1.52. The number of fused-ring (bicyclic) bond motifs is 2. The molecule has 21 heavy (non-hydrogen) atoms. The van der Waals surface area contributed by atoms with Gasteiger partial charge in [-0.25, -0.2) is 0 Å². The van der Waals surface area contributed by atoms with Gasteiger partial charge in [0.15, 0.2) is 0 Å². The summed E-state index contributed by atoms with van der Waals surface area (Å²) < 4.78 is 0. The number of nitrogens with zero attached hydrogens (tertiary/aromatic N) is 1. The highest BCUT2D eigenvalue weighted by atomic mass is 16.2. The molecule has 1 aromatic carbocycles. The number of hydrogen-bond donors (Lipinski definition) is 1. The van der Waals surface area contributed by atoms with E-state index in [-0.39, 0.29) is 6.04 Å². The number of rotatable bonds is 1. The first-order chi connectivity index (χ1) is 10.3. The van der Waals surface area contributed by atoms with Crippen LogP contribution in [0.15, 0.2) is 24.3 Å². The average molecular weight is 284 g/mol. The minimum atomic E-state index is 0.0859. The molecular weight excluding hydrogens is 260 g/mol. The van der Waals surface area contributed by atoms with Crippen molar-refractivity contribution in [2.24, 2.45) is 11.8 Å². The lowest BCUT2D eigenvalue weighted by atomic mass is 9.93. The van der Waals surface area contributed by atoms with Crippen LogP contribution in [0.5, 0.6) is 0 Å². The molecule has 3 aliphatic rings. The van der Waals surface area contributed by atoms with Crippen LogP contribution < -0.4 is 5.32 Å².